The fraction of sp³-hybridized carbons (Fsp3) is 1.00. The second-order valence-electron chi connectivity index (χ2n) is 6.03. The molecule has 0 aromatic rings. The fourth-order valence-corrected chi connectivity index (χ4v) is 2.94. The van der Waals surface area contributed by atoms with E-state index in [0.29, 0.717) is 26.1 Å². The minimum atomic E-state index is -2.81. The van der Waals surface area contributed by atoms with Crippen LogP contribution in [-0.2, 0) is 18.6 Å². The van der Waals surface area contributed by atoms with Gasteiger partial charge in [-0.25, -0.2) is 0 Å². The van der Waals surface area contributed by atoms with Crippen molar-refractivity contribution in [2.45, 2.75) is 76.0 Å². The Morgan fingerprint density at radius 3 is 2.29 bits per heavy atom. The van der Waals surface area contributed by atoms with Crippen molar-refractivity contribution in [3.63, 3.8) is 0 Å². The predicted octanol–water partition coefficient (Wildman–Crippen LogP) is 0.880. The normalized spacial score (nSPS) is 31.2. The summed E-state index contributed by atoms with van der Waals surface area (Å²) in [6, 6.07) is 0. The van der Waals surface area contributed by atoms with Crippen LogP contribution in [-0.4, -0.2) is 70.6 Å². The van der Waals surface area contributed by atoms with Crippen molar-refractivity contribution in [2.24, 2.45) is 0 Å². The Balaban J connectivity index is 2.28. The Morgan fingerprint density at radius 1 is 0.958 bits per heavy atom. The van der Waals surface area contributed by atoms with Crippen LogP contribution >= 0.6 is 8.25 Å². The van der Waals surface area contributed by atoms with Crippen LogP contribution in [0.1, 0.15) is 45.4 Å². The molecule has 0 amide bonds. The molecular weight excluding hydrogens is 339 g/mol. The molecule has 8 nitrogen and oxygen atoms in total. The Labute approximate surface area is 143 Å². The first-order chi connectivity index (χ1) is 11.5. The highest BCUT2D eigenvalue weighted by atomic mass is 31.1. The molecule has 0 saturated carbocycles. The molecular formula is C15H30O8P+. The zero-order valence-electron chi connectivity index (χ0n) is 14.1. The second-order valence-corrected chi connectivity index (χ2v) is 6.77. The third kappa shape index (κ3) is 7.80. The molecule has 0 aromatic carbocycles. The first-order valence-corrected chi connectivity index (χ1v) is 9.66. The maximum Gasteiger partial charge on any atom is 0.694 e. The Kier molecular flexibility index (Phi) is 11.1. The number of aliphatic hydroxyl groups excluding tert-OH is 3. The van der Waals surface area contributed by atoms with E-state index in [2.05, 4.69) is 11.4 Å². The van der Waals surface area contributed by atoms with E-state index in [9.17, 15) is 19.9 Å². The quantitative estimate of drug-likeness (QED) is 0.295. The van der Waals surface area contributed by atoms with E-state index in [-0.39, 0.29) is 6.61 Å². The molecule has 0 aromatic heterocycles. The molecule has 1 saturated heterocycles. The lowest BCUT2D eigenvalue weighted by atomic mass is 9.93. The summed E-state index contributed by atoms with van der Waals surface area (Å²) >= 11 is 0. The van der Waals surface area contributed by atoms with Crippen molar-refractivity contribution < 1.29 is 38.8 Å². The monoisotopic (exact) mass is 369 g/mol. The lowest BCUT2D eigenvalue weighted by Gasteiger charge is -2.40. The molecule has 6 unspecified atom stereocenters. The van der Waals surface area contributed by atoms with Gasteiger partial charge in [0.2, 0.25) is 0 Å². The molecule has 24 heavy (non-hydrogen) atoms. The molecule has 1 heterocycles. The summed E-state index contributed by atoms with van der Waals surface area (Å²) in [5.41, 5.74) is 0. The van der Waals surface area contributed by atoms with Crippen LogP contribution in [0.4, 0.5) is 0 Å². The van der Waals surface area contributed by atoms with E-state index in [1.165, 1.54) is 12.8 Å². The number of hydrogen-bond donors (Lipinski definition) is 4. The molecule has 0 aliphatic carbocycles. The van der Waals surface area contributed by atoms with Crippen LogP contribution in [0, 0.1) is 0 Å². The van der Waals surface area contributed by atoms with Crippen molar-refractivity contribution in [1.82, 2.24) is 0 Å². The molecule has 1 fully saturated rings. The smallest absolute Gasteiger partial charge is 0.388 e. The third-order valence-corrected chi connectivity index (χ3v) is 4.45. The van der Waals surface area contributed by atoms with Gasteiger partial charge in [0, 0.05) is 17.8 Å². The molecule has 9 heteroatoms. The first-order valence-electron chi connectivity index (χ1n) is 8.53. The van der Waals surface area contributed by atoms with E-state index in [0.717, 1.165) is 12.8 Å². The van der Waals surface area contributed by atoms with Crippen molar-refractivity contribution in [2.75, 3.05) is 19.8 Å². The molecule has 1 aliphatic rings. The van der Waals surface area contributed by atoms with Crippen molar-refractivity contribution in [3.8, 4) is 0 Å². The number of rotatable bonds is 12. The van der Waals surface area contributed by atoms with Crippen LogP contribution < -0.4 is 0 Å². The van der Waals surface area contributed by atoms with E-state index >= 15 is 0 Å². The summed E-state index contributed by atoms with van der Waals surface area (Å²) in [5, 5.41) is 29.7. The third-order valence-electron chi connectivity index (χ3n) is 4.08. The maximum absolute atomic E-state index is 10.6. The summed E-state index contributed by atoms with van der Waals surface area (Å²) in [5.74, 6) is 0. The zero-order chi connectivity index (χ0) is 17.9. The summed E-state index contributed by atoms with van der Waals surface area (Å²) in [6.07, 6.45) is 0.0248. The van der Waals surface area contributed by atoms with Gasteiger partial charge in [0.25, 0.3) is 0 Å². The van der Waals surface area contributed by atoms with Gasteiger partial charge in [0.05, 0.1) is 6.10 Å². The Bertz CT molecular complexity index is 356. The second kappa shape index (κ2) is 12.2. The van der Waals surface area contributed by atoms with E-state index in [1.54, 1.807) is 0 Å². The van der Waals surface area contributed by atoms with E-state index in [4.69, 9.17) is 14.4 Å². The average molecular weight is 369 g/mol. The van der Waals surface area contributed by atoms with Crippen LogP contribution in [0.2, 0.25) is 0 Å². The topological polar surface area (TPSA) is 126 Å². The minimum absolute atomic E-state index is 0.332. The summed E-state index contributed by atoms with van der Waals surface area (Å²) in [6.45, 7) is 3.05. The maximum atomic E-state index is 10.6. The van der Waals surface area contributed by atoms with Crippen LogP contribution in [0.5, 0.6) is 0 Å². The number of aliphatic hydroxyl groups is 3. The molecule has 0 radical (unpaired) electrons. The number of unbranched alkanes of at least 4 members (excludes halogenated alkanes) is 3. The average Bonchev–Trinajstić information content (AvgIpc) is 2.55. The van der Waals surface area contributed by atoms with E-state index in [1.807, 2.05) is 0 Å². The van der Waals surface area contributed by atoms with Gasteiger partial charge in [-0.1, -0.05) is 26.2 Å². The first kappa shape index (κ1) is 21.9. The van der Waals surface area contributed by atoms with Crippen LogP contribution in [0.15, 0.2) is 0 Å². The highest BCUT2D eigenvalue weighted by Crippen LogP contribution is 2.26. The molecule has 142 valence electrons. The summed E-state index contributed by atoms with van der Waals surface area (Å²) in [4.78, 5) is 8.65. The van der Waals surface area contributed by atoms with Gasteiger partial charge in [0.15, 0.2) is 0 Å². The van der Waals surface area contributed by atoms with Gasteiger partial charge < -0.3 is 24.8 Å². The molecule has 6 atom stereocenters. The summed E-state index contributed by atoms with van der Waals surface area (Å²) in [7, 11) is -2.81. The minimum Gasteiger partial charge on any atom is -0.388 e. The van der Waals surface area contributed by atoms with Gasteiger partial charge in [-0.3, -0.25) is 0 Å². The van der Waals surface area contributed by atoms with Crippen molar-refractivity contribution >= 4 is 8.25 Å². The highest BCUT2D eigenvalue weighted by molar-refractivity contribution is 7.32. The van der Waals surface area contributed by atoms with Crippen molar-refractivity contribution in [1.29, 1.82) is 0 Å². The SMILES string of the molecule is CCCCCCOCCCC1OC(CO[P+](=O)O)C(O)C(O)C1O. The molecule has 4 N–H and O–H groups in total. The Morgan fingerprint density at radius 2 is 1.62 bits per heavy atom. The number of ether oxygens (including phenoxy) is 2. The lowest BCUT2D eigenvalue weighted by Crippen LogP contribution is -2.58. The van der Waals surface area contributed by atoms with Gasteiger partial charge in [-0.2, -0.15) is 0 Å². The van der Waals surface area contributed by atoms with E-state index < -0.39 is 38.8 Å². The Hall–Kier alpha value is -0.180. The molecule has 0 bridgehead atoms. The van der Waals surface area contributed by atoms with Crippen molar-refractivity contribution in [3.05, 3.63) is 0 Å². The predicted molar refractivity (Wildman–Crippen MR) is 86.7 cm³/mol. The molecule has 1 aliphatic heterocycles. The van der Waals surface area contributed by atoms with Gasteiger partial charge in [0.1, 0.15) is 31.0 Å². The standard InChI is InChI=1S/C15H29O8P/c1-2-3-4-5-8-21-9-6-7-11-13(16)15(18)14(17)12(23-11)10-22-24(19)20/h11-18H,2-10H2,1H3/p+1. The van der Waals surface area contributed by atoms with Crippen LogP contribution in [0.25, 0.3) is 0 Å². The lowest BCUT2D eigenvalue weighted by molar-refractivity contribution is -0.229. The van der Waals surface area contributed by atoms with Gasteiger partial charge in [-0.05, 0) is 19.3 Å². The molecule has 0 spiro atoms. The number of hydrogen-bond acceptors (Lipinski definition) is 7. The highest BCUT2D eigenvalue weighted by Gasteiger charge is 2.44. The largest absolute Gasteiger partial charge is 0.694 e. The summed E-state index contributed by atoms with van der Waals surface area (Å²) < 4.78 is 26.1. The van der Waals surface area contributed by atoms with Crippen LogP contribution in [0.3, 0.4) is 0 Å². The van der Waals surface area contributed by atoms with Gasteiger partial charge >= 0.3 is 8.25 Å². The fourth-order valence-electron chi connectivity index (χ4n) is 2.66. The van der Waals surface area contributed by atoms with Gasteiger partial charge in [-0.15, -0.1) is 9.42 Å². The molecule has 1 rings (SSSR count). The zero-order valence-corrected chi connectivity index (χ0v) is 15.0.